The third-order valence-electron chi connectivity index (χ3n) is 4.40. The van der Waals surface area contributed by atoms with E-state index in [1.165, 1.54) is 4.90 Å². The Bertz CT molecular complexity index is 955. The van der Waals surface area contributed by atoms with Gasteiger partial charge >= 0.3 is 0 Å². The van der Waals surface area contributed by atoms with Gasteiger partial charge in [0.05, 0.1) is 25.8 Å². The lowest BCUT2D eigenvalue weighted by atomic mass is 10.1. The summed E-state index contributed by atoms with van der Waals surface area (Å²) in [5.74, 6) is 0.847. The van der Waals surface area contributed by atoms with Gasteiger partial charge in [-0.05, 0) is 66.6 Å². The molecular formula is C21H22N2O4S. The number of imide groups is 1. The van der Waals surface area contributed by atoms with Crippen LogP contribution >= 0.6 is 11.8 Å². The molecule has 0 spiro atoms. The maximum Gasteiger partial charge on any atom is 0.295 e. The molecule has 0 aliphatic carbocycles. The van der Waals surface area contributed by atoms with E-state index in [1.807, 2.05) is 38.1 Å². The summed E-state index contributed by atoms with van der Waals surface area (Å²) in [5.41, 5.74) is 3.82. The van der Waals surface area contributed by atoms with Gasteiger partial charge in [-0.1, -0.05) is 18.2 Å². The number of anilines is 1. The van der Waals surface area contributed by atoms with Crippen LogP contribution in [0.15, 0.2) is 41.3 Å². The molecule has 2 aromatic rings. The topological polar surface area (TPSA) is 67.9 Å². The van der Waals surface area contributed by atoms with Crippen LogP contribution in [-0.2, 0) is 4.79 Å². The zero-order valence-corrected chi connectivity index (χ0v) is 17.1. The molecule has 2 aromatic carbocycles. The van der Waals surface area contributed by atoms with Crippen molar-refractivity contribution in [2.45, 2.75) is 13.8 Å². The standard InChI is InChI=1S/C21H22N2O4S/c1-13-5-6-14(2)16(9-13)22-12-23-20(24)19(28-21(23)25)11-15-7-8-17(26-3)18(10-15)27-4/h5-11,22H,12H2,1-4H3/b19-11+. The third-order valence-corrected chi connectivity index (χ3v) is 5.31. The van der Waals surface area contributed by atoms with Crippen molar-refractivity contribution >= 4 is 34.7 Å². The molecule has 0 atom stereocenters. The van der Waals surface area contributed by atoms with E-state index in [9.17, 15) is 9.59 Å². The Balaban J connectivity index is 1.76. The molecule has 2 amide bonds. The lowest BCUT2D eigenvalue weighted by Gasteiger charge is -2.16. The van der Waals surface area contributed by atoms with Crippen molar-refractivity contribution < 1.29 is 19.1 Å². The molecule has 1 aliphatic heterocycles. The summed E-state index contributed by atoms with van der Waals surface area (Å²) >= 11 is 0.929. The molecule has 7 heteroatoms. The van der Waals surface area contributed by atoms with Gasteiger partial charge in [0.2, 0.25) is 0 Å². The number of benzene rings is 2. The quantitative estimate of drug-likeness (QED) is 0.726. The highest BCUT2D eigenvalue weighted by Crippen LogP contribution is 2.34. The summed E-state index contributed by atoms with van der Waals surface area (Å²) in [6.07, 6.45) is 1.69. The van der Waals surface area contributed by atoms with Crippen LogP contribution in [0.3, 0.4) is 0 Å². The minimum absolute atomic E-state index is 0.123. The average Bonchev–Trinajstić information content (AvgIpc) is 2.95. The molecular weight excluding hydrogens is 376 g/mol. The van der Waals surface area contributed by atoms with Crippen molar-refractivity contribution in [2.75, 3.05) is 26.2 Å². The number of carbonyl (C=O) groups excluding carboxylic acids is 2. The van der Waals surface area contributed by atoms with Crippen molar-refractivity contribution in [3.63, 3.8) is 0 Å². The number of rotatable bonds is 6. The van der Waals surface area contributed by atoms with E-state index >= 15 is 0 Å². The molecule has 1 fully saturated rings. The fourth-order valence-electron chi connectivity index (χ4n) is 2.82. The normalized spacial score (nSPS) is 15.3. The van der Waals surface area contributed by atoms with Crippen molar-refractivity contribution in [1.82, 2.24) is 4.90 Å². The molecule has 6 nitrogen and oxygen atoms in total. The van der Waals surface area contributed by atoms with E-state index < -0.39 is 0 Å². The zero-order chi connectivity index (χ0) is 20.3. The molecule has 0 aromatic heterocycles. The first-order valence-electron chi connectivity index (χ1n) is 8.71. The van der Waals surface area contributed by atoms with Crippen LogP contribution in [0.2, 0.25) is 0 Å². The summed E-state index contributed by atoms with van der Waals surface area (Å²) in [6, 6.07) is 11.4. The van der Waals surface area contributed by atoms with Crippen LogP contribution in [0.5, 0.6) is 11.5 Å². The van der Waals surface area contributed by atoms with Crippen LogP contribution in [0.4, 0.5) is 10.5 Å². The van der Waals surface area contributed by atoms with Crippen molar-refractivity contribution in [2.24, 2.45) is 0 Å². The largest absolute Gasteiger partial charge is 0.493 e. The third kappa shape index (κ3) is 4.14. The van der Waals surface area contributed by atoms with Crippen LogP contribution < -0.4 is 14.8 Å². The van der Waals surface area contributed by atoms with Crippen LogP contribution in [-0.4, -0.2) is 36.9 Å². The van der Waals surface area contributed by atoms with Crippen LogP contribution in [0.1, 0.15) is 16.7 Å². The Morgan fingerprint density at radius 1 is 1.04 bits per heavy atom. The second-order valence-electron chi connectivity index (χ2n) is 6.38. The Morgan fingerprint density at radius 3 is 2.50 bits per heavy atom. The molecule has 146 valence electrons. The molecule has 1 N–H and O–H groups in total. The Hall–Kier alpha value is -2.93. The van der Waals surface area contributed by atoms with E-state index in [-0.39, 0.29) is 17.8 Å². The van der Waals surface area contributed by atoms with Crippen molar-refractivity contribution in [1.29, 1.82) is 0 Å². The fraction of sp³-hybridized carbons (Fsp3) is 0.238. The van der Waals surface area contributed by atoms with Crippen molar-refractivity contribution in [3.05, 3.63) is 58.0 Å². The molecule has 0 bridgehead atoms. The van der Waals surface area contributed by atoms with Gasteiger partial charge in [-0.2, -0.15) is 0 Å². The summed E-state index contributed by atoms with van der Waals surface area (Å²) in [5, 5.41) is 2.88. The van der Waals surface area contributed by atoms with E-state index in [1.54, 1.807) is 32.4 Å². The first-order chi connectivity index (χ1) is 13.4. The summed E-state index contributed by atoms with van der Waals surface area (Å²) in [4.78, 5) is 26.6. The number of thioether (sulfide) groups is 1. The number of aryl methyl sites for hydroxylation is 2. The molecule has 1 aliphatic rings. The maximum atomic E-state index is 12.7. The molecule has 1 heterocycles. The van der Waals surface area contributed by atoms with Crippen LogP contribution in [0.25, 0.3) is 6.08 Å². The molecule has 28 heavy (non-hydrogen) atoms. The van der Waals surface area contributed by atoms with Gasteiger partial charge in [0.15, 0.2) is 11.5 Å². The molecule has 1 saturated heterocycles. The number of nitrogens with one attached hydrogen (secondary N) is 1. The van der Waals surface area contributed by atoms with E-state index in [2.05, 4.69) is 5.32 Å². The summed E-state index contributed by atoms with van der Waals surface area (Å²) in [7, 11) is 3.11. The predicted molar refractivity (Wildman–Crippen MR) is 112 cm³/mol. The minimum Gasteiger partial charge on any atom is -0.493 e. The maximum absolute atomic E-state index is 12.7. The zero-order valence-electron chi connectivity index (χ0n) is 16.2. The van der Waals surface area contributed by atoms with Gasteiger partial charge in [0.25, 0.3) is 11.1 Å². The number of amides is 2. The lowest BCUT2D eigenvalue weighted by Crippen LogP contribution is -2.33. The Labute approximate surface area is 168 Å². The smallest absolute Gasteiger partial charge is 0.295 e. The molecule has 0 saturated carbocycles. The molecule has 0 radical (unpaired) electrons. The first-order valence-corrected chi connectivity index (χ1v) is 9.53. The Morgan fingerprint density at radius 2 is 1.79 bits per heavy atom. The second kappa shape index (κ2) is 8.39. The summed E-state index contributed by atoms with van der Waals surface area (Å²) in [6.45, 7) is 4.10. The van der Waals surface area contributed by atoms with Gasteiger partial charge in [-0.3, -0.25) is 14.5 Å². The van der Waals surface area contributed by atoms with Gasteiger partial charge in [0, 0.05) is 5.69 Å². The fourth-order valence-corrected chi connectivity index (χ4v) is 3.66. The number of hydrogen-bond donors (Lipinski definition) is 1. The lowest BCUT2D eigenvalue weighted by molar-refractivity contribution is -0.122. The highest BCUT2D eigenvalue weighted by molar-refractivity contribution is 8.18. The monoisotopic (exact) mass is 398 g/mol. The highest BCUT2D eigenvalue weighted by atomic mass is 32.2. The average molecular weight is 398 g/mol. The number of methoxy groups -OCH3 is 2. The van der Waals surface area contributed by atoms with E-state index in [0.29, 0.717) is 16.4 Å². The number of carbonyl (C=O) groups is 2. The summed E-state index contributed by atoms with van der Waals surface area (Å²) < 4.78 is 10.5. The second-order valence-corrected chi connectivity index (χ2v) is 7.37. The molecule has 0 unspecified atom stereocenters. The number of ether oxygens (including phenoxy) is 2. The number of hydrogen-bond acceptors (Lipinski definition) is 6. The van der Waals surface area contributed by atoms with Gasteiger partial charge < -0.3 is 14.8 Å². The first kappa shape index (κ1) is 19.8. The van der Waals surface area contributed by atoms with Crippen LogP contribution in [0, 0.1) is 13.8 Å². The minimum atomic E-state index is -0.317. The van der Waals surface area contributed by atoms with E-state index in [0.717, 1.165) is 34.1 Å². The molecule has 3 rings (SSSR count). The van der Waals surface area contributed by atoms with Gasteiger partial charge in [-0.15, -0.1) is 0 Å². The van der Waals surface area contributed by atoms with E-state index in [4.69, 9.17) is 9.47 Å². The number of nitrogens with zero attached hydrogens (tertiary/aromatic N) is 1. The van der Waals surface area contributed by atoms with Gasteiger partial charge in [-0.25, -0.2) is 0 Å². The Kier molecular flexibility index (Phi) is 5.94. The predicted octanol–water partition coefficient (Wildman–Crippen LogP) is 4.43. The highest BCUT2D eigenvalue weighted by Gasteiger charge is 2.34. The SMILES string of the molecule is COc1ccc(/C=C2/SC(=O)N(CNc3cc(C)ccc3C)C2=O)cc1OC. The van der Waals surface area contributed by atoms with Gasteiger partial charge in [0.1, 0.15) is 0 Å². The van der Waals surface area contributed by atoms with Crippen molar-refractivity contribution in [3.8, 4) is 11.5 Å².